The van der Waals surface area contributed by atoms with Crippen molar-refractivity contribution in [2.45, 2.75) is 46.1 Å². The quantitative estimate of drug-likeness (QED) is 0.512. The normalized spacial score (nSPS) is 15.5. The molecule has 0 amide bonds. The third-order valence-corrected chi connectivity index (χ3v) is 5.82. The van der Waals surface area contributed by atoms with E-state index in [4.69, 9.17) is 16.6 Å². The van der Waals surface area contributed by atoms with Crippen LogP contribution in [0.5, 0.6) is 0 Å². The molecule has 26 heavy (non-hydrogen) atoms. The maximum atomic E-state index is 6.05. The first-order chi connectivity index (χ1) is 12.6. The van der Waals surface area contributed by atoms with E-state index in [9.17, 15) is 0 Å². The molecule has 0 unspecified atom stereocenters. The smallest absolute Gasteiger partial charge is 0.133 e. The zero-order valence-electron chi connectivity index (χ0n) is 15.5. The first kappa shape index (κ1) is 17.4. The number of rotatable bonds is 4. The molecule has 2 nitrogen and oxygen atoms in total. The van der Waals surface area contributed by atoms with E-state index in [1.165, 1.54) is 47.9 Å². The molecule has 0 saturated heterocycles. The lowest BCUT2D eigenvalue weighted by Gasteiger charge is -2.09. The second-order valence-corrected chi connectivity index (χ2v) is 7.95. The fourth-order valence-corrected chi connectivity index (χ4v) is 3.96. The summed E-state index contributed by atoms with van der Waals surface area (Å²) in [6.07, 6.45) is 9.93. The second kappa shape index (κ2) is 7.28. The van der Waals surface area contributed by atoms with Crippen LogP contribution in [0.15, 0.2) is 42.5 Å². The number of aryl methyl sites for hydroxylation is 2. The summed E-state index contributed by atoms with van der Waals surface area (Å²) in [7, 11) is 0. The first-order valence-corrected chi connectivity index (χ1v) is 9.88. The van der Waals surface area contributed by atoms with Crippen LogP contribution in [0.4, 0.5) is 0 Å². The van der Waals surface area contributed by atoms with E-state index in [0.717, 1.165) is 22.9 Å². The number of halogens is 1. The maximum absolute atomic E-state index is 6.05. The van der Waals surface area contributed by atoms with Crippen LogP contribution in [-0.2, 0) is 6.54 Å². The van der Waals surface area contributed by atoms with Crippen LogP contribution in [0, 0.1) is 19.8 Å². The Morgan fingerprint density at radius 3 is 2.50 bits per heavy atom. The van der Waals surface area contributed by atoms with Gasteiger partial charge >= 0.3 is 0 Å². The van der Waals surface area contributed by atoms with Crippen molar-refractivity contribution in [3.63, 3.8) is 0 Å². The van der Waals surface area contributed by atoms with Gasteiger partial charge < -0.3 is 4.57 Å². The summed E-state index contributed by atoms with van der Waals surface area (Å²) in [5, 5.41) is 0.775. The second-order valence-electron chi connectivity index (χ2n) is 7.51. The van der Waals surface area contributed by atoms with E-state index in [2.05, 4.69) is 54.8 Å². The minimum absolute atomic E-state index is 0.710. The van der Waals surface area contributed by atoms with Crippen LogP contribution in [-0.4, -0.2) is 9.55 Å². The van der Waals surface area contributed by atoms with Gasteiger partial charge in [0.05, 0.1) is 11.0 Å². The van der Waals surface area contributed by atoms with Crippen LogP contribution < -0.4 is 0 Å². The fourth-order valence-electron chi connectivity index (χ4n) is 3.84. The molecule has 1 heterocycles. The lowest BCUT2D eigenvalue weighted by Crippen LogP contribution is -2.02. The predicted molar refractivity (Wildman–Crippen MR) is 111 cm³/mol. The lowest BCUT2D eigenvalue weighted by molar-refractivity contribution is 0.688. The average molecular weight is 365 g/mol. The number of benzene rings is 2. The van der Waals surface area contributed by atoms with E-state index in [0.29, 0.717) is 5.92 Å². The molecule has 3 heteroatoms. The van der Waals surface area contributed by atoms with Gasteiger partial charge in [-0.2, -0.15) is 0 Å². The Balaban J connectivity index is 1.76. The van der Waals surface area contributed by atoms with Crippen LogP contribution in [0.25, 0.3) is 17.1 Å². The predicted octanol–water partition coefficient (Wildman–Crippen LogP) is 6.56. The summed E-state index contributed by atoms with van der Waals surface area (Å²) in [5.41, 5.74) is 6.12. The number of allylic oxidation sites excluding steroid dienone is 1. The van der Waals surface area contributed by atoms with Crippen LogP contribution in [0.2, 0.25) is 5.02 Å². The van der Waals surface area contributed by atoms with Crippen LogP contribution in [0.1, 0.15) is 48.2 Å². The molecular weight excluding hydrogens is 340 g/mol. The molecule has 0 atom stereocenters. The van der Waals surface area contributed by atoms with Gasteiger partial charge in [0.1, 0.15) is 5.82 Å². The van der Waals surface area contributed by atoms with Gasteiger partial charge in [0, 0.05) is 11.6 Å². The Morgan fingerprint density at radius 1 is 1.08 bits per heavy atom. The molecule has 0 N–H and O–H groups in total. The van der Waals surface area contributed by atoms with E-state index in [1.807, 2.05) is 12.1 Å². The Bertz CT molecular complexity index is 944. The molecule has 2 aromatic carbocycles. The van der Waals surface area contributed by atoms with Crippen molar-refractivity contribution < 1.29 is 0 Å². The molecule has 1 saturated carbocycles. The zero-order chi connectivity index (χ0) is 18.1. The van der Waals surface area contributed by atoms with Gasteiger partial charge in [-0.25, -0.2) is 4.98 Å². The molecule has 0 radical (unpaired) electrons. The highest BCUT2D eigenvalue weighted by Crippen LogP contribution is 2.28. The van der Waals surface area contributed by atoms with Gasteiger partial charge in [0.25, 0.3) is 0 Å². The highest BCUT2D eigenvalue weighted by Gasteiger charge is 2.14. The van der Waals surface area contributed by atoms with Crippen molar-refractivity contribution >= 4 is 28.7 Å². The van der Waals surface area contributed by atoms with Crippen molar-refractivity contribution in [3.05, 3.63) is 70.0 Å². The first-order valence-electron chi connectivity index (χ1n) is 9.50. The maximum Gasteiger partial charge on any atom is 0.133 e. The number of fused-ring (bicyclic) bond motifs is 1. The van der Waals surface area contributed by atoms with Crippen molar-refractivity contribution in [2.75, 3.05) is 0 Å². The van der Waals surface area contributed by atoms with Gasteiger partial charge in [-0.1, -0.05) is 42.7 Å². The van der Waals surface area contributed by atoms with Gasteiger partial charge in [-0.05, 0) is 79.6 Å². The molecular formula is C23H25ClN2. The summed E-state index contributed by atoms with van der Waals surface area (Å²) in [6.45, 7) is 5.13. The zero-order valence-corrected chi connectivity index (χ0v) is 16.3. The number of nitrogens with zero attached hydrogens (tertiary/aromatic N) is 2. The van der Waals surface area contributed by atoms with Crippen LogP contribution in [0.3, 0.4) is 0 Å². The molecule has 0 aliphatic heterocycles. The van der Waals surface area contributed by atoms with E-state index < -0.39 is 0 Å². The summed E-state index contributed by atoms with van der Waals surface area (Å²) in [4.78, 5) is 4.94. The Labute approximate surface area is 160 Å². The monoisotopic (exact) mass is 364 g/mol. The van der Waals surface area contributed by atoms with Gasteiger partial charge in [0.2, 0.25) is 0 Å². The fraction of sp³-hybridized carbons (Fsp3) is 0.348. The van der Waals surface area contributed by atoms with E-state index in [1.54, 1.807) is 0 Å². The number of imidazole rings is 1. The molecule has 0 bridgehead atoms. The van der Waals surface area contributed by atoms with Gasteiger partial charge in [-0.15, -0.1) is 0 Å². The van der Waals surface area contributed by atoms with Gasteiger partial charge in [0.15, 0.2) is 0 Å². The molecule has 0 spiro atoms. The highest BCUT2D eigenvalue weighted by molar-refractivity contribution is 6.30. The molecule has 134 valence electrons. The molecule has 1 fully saturated rings. The number of aromatic nitrogens is 2. The van der Waals surface area contributed by atoms with E-state index >= 15 is 0 Å². The standard InChI is InChI=1S/C23H25ClN2/c1-16-13-21-22(14-17(16)2)26(15-19-7-10-20(24)11-8-19)23(25-21)12-9-18-5-3-4-6-18/h7-14,18H,3-6,15H2,1-2H3/b12-9+. The molecule has 1 aliphatic rings. The Morgan fingerprint density at radius 2 is 1.77 bits per heavy atom. The molecule has 1 aromatic heterocycles. The van der Waals surface area contributed by atoms with Gasteiger partial charge in [-0.3, -0.25) is 0 Å². The Kier molecular flexibility index (Phi) is 4.86. The van der Waals surface area contributed by atoms with E-state index in [-0.39, 0.29) is 0 Å². The lowest BCUT2D eigenvalue weighted by atomic mass is 10.1. The molecule has 4 rings (SSSR count). The minimum atomic E-state index is 0.710. The average Bonchev–Trinajstić information content (AvgIpc) is 3.25. The summed E-state index contributed by atoms with van der Waals surface area (Å²) >= 11 is 6.05. The Hall–Kier alpha value is -2.06. The SMILES string of the molecule is Cc1cc2nc(/C=C/C3CCCC3)n(Cc3ccc(Cl)cc3)c2cc1C. The number of hydrogen-bond donors (Lipinski definition) is 0. The summed E-state index contributed by atoms with van der Waals surface area (Å²) in [6, 6.07) is 12.6. The van der Waals surface area contributed by atoms with Crippen LogP contribution >= 0.6 is 11.6 Å². The molecule has 3 aromatic rings. The largest absolute Gasteiger partial charge is 0.320 e. The van der Waals surface area contributed by atoms with Crippen molar-refractivity contribution in [1.82, 2.24) is 9.55 Å². The minimum Gasteiger partial charge on any atom is -0.320 e. The summed E-state index contributed by atoms with van der Waals surface area (Å²) < 4.78 is 2.33. The number of hydrogen-bond acceptors (Lipinski definition) is 1. The van der Waals surface area contributed by atoms with Crippen molar-refractivity contribution in [3.8, 4) is 0 Å². The molecule has 1 aliphatic carbocycles. The van der Waals surface area contributed by atoms with Crippen molar-refractivity contribution in [2.24, 2.45) is 5.92 Å². The highest BCUT2D eigenvalue weighted by atomic mass is 35.5. The third kappa shape index (κ3) is 3.57. The summed E-state index contributed by atoms with van der Waals surface area (Å²) in [5.74, 6) is 1.76. The van der Waals surface area contributed by atoms with Crippen molar-refractivity contribution in [1.29, 1.82) is 0 Å². The topological polar surface area (TPSA) is 17.8 Å². The third-order valence-electron chi connectivity index (χ3n) is 5.56.